The number of aryl methyl sites for hydroxylation is 1. The number of benzene rings is 1. The van der Waals surface area contributed by atoms with E-state index in [9.17, 15) is 9.59 Å². The zero-order valence-electron chi connectivity index (χ0n) is 16.1. The zero-order chi connectivity index (χ0) is 19.9. The molecule has 0 unspecified atom stereocenters. The molecule has 3 aromatic rings. The van der Waals surface area contributed by atoms with E-state index in [0.717, 1.165) is 22.6 Å². The summed E-state index contributed by atoms with van der Waals surface area (Å²) in [5.41, 5.74) is 3.96. The summed E-state index contributed by atoms with van der Waals surface area (Å²) in [4.78, 5) is 24.7. The molecule has 0 aliphatic carbocycles. The van der Waals surface area contributed by atoms with Crippen molar-refractivity contribution in [3.8, 4) is 5.69 Å². The number of thiophene rings is 1. The molecule has 0 radical (unpaired) electrons. The minimum atomic E-state index is -0.0880. The maximum atomic E-state index is 12.1. The van der Waals surface area contributed by atoms with E-state index in [1.54, 1.807) is 6.07 Å². The molecule has 2 heterocycles. The van der Waals surface area contributed by atoms with Gasteiger partial charge in [-0.05, 0) is 43.8 Å². The third-order valence-electron chi connectivity index (χ3n) is 4.52. The van der Waals surface area contributed by atoms with Crippen LogP contribution in [0.4, 0.5) is 0 Å². The van der Waals surface area contributed by atoms with Crippen LogP contribution in [-0.4, -0.2) is 28.1 Å². The highest BCUT2D eigenvalue weighted by Crippen LogP contribution is 2.17. The maximum Gasteiger partial charge on any atom is 0.261 e. The van der Waals surface area contributed by atoms with Crippen molar-refractivity contribution >= 4 is 23.2 Å². The van der Waals surface area contributed by atoms with Crippen LogP contribution in [0.25, 0.3) is 5.69 Å². The van der Waals surface area contributed by atoms with Crippen molar-refractivity contribution in [2.45, 2.75) is 33.2 Å². The SMILES string of the molecule is Cc1nn(-c2ccccc2)c(C)c1CNC(=O)CCCNC(=O)c1cccs1. The molecular weight excluding hydrogens is 372 g/mol. The molecule has 28 heavy (non-hydrogen) atoms. The second kappa shape index (κ2) is 9.32. The van der Waals surface area contributed by atoms with E-state index in [1.165, 1.54) is 11.3 Å². The third kappa shape index (κ3) is 4.86. The first-order chi connectivity index (χ1) is 13.6. The van der Waals surface area contributed by atoms with Crippen molar-refractivity contribution in [2.24, 2.45) is 0 Å². The highest BCUT2D eigenvalue weighted by atomic mass is 32.1. The van der Waals surface area contributed by atoms with Crippen molar-refractivity contribution in [3.05, 3.63) is 69.7 Å². The Hall–Kier alpha value is -2.93. The molecule has 0 saturated carbocycles. The number of nitrogens with one attached hydrogen (secondary N) is 2. The summed E-state index contributed by atoms with van der Waals surface area (Å²) in [6.45, 7) is 4.89. The van der Waals surface area contributed by atoms with Crippen LogP contribution in [-0.2, 0) is 11.3 Å². The van der Waals surface area contributed by atoms with Crippen LogP contribution in [0, 0.1) is 13.8 Å². The first-order valence-electron chi connectivity index (χ1n) is 9.25. The number of carbonyl (C=O) groups is 2. The summed E-state index contributed by atoms with van der Waals surface area (Å²) >= 11 is 1.40. The molecule has 146 valence electrons. The zero-order valence-corrected chi connectivity index (χ0v) is 16.9. The molecule has 0 aliphatic heterocycles. The lowest BCUT2D eigenvalue weighted by atomic mass is 10.2. The molecule has 0 saturated heterocycles. The summed E-state index contributed by atoms with van der Waals surface area (Å²) in [5, 5.41) is 12.3. The fraction of sp³-hybridized carbons (Fsp3) is 0.286. The van der Waals surface area contributed by atoms with E-state index in [1.807, 2.05) is 60.3 Å². The Morgan fingerprint density at radius 3 is 2.57 bits per heavy atom. The average molecular weight is 397 g/mol. The van der Waals surface area contributed by atoms with Crippen LogP contribution in [0.1, 0.15) is 39.5 Å². The van der Waals surface area contributed by atoms with Crippen LogP contribution in [0.2, 0.25) is 0 Å². The molecule has 3 rings (SSSR count). The van der Waals surface area contributed by atoms with Gasteiger partial charge in [0.2, 0.25) is 5.91 Å². The van der Waals surface area contributed by atoms with Crippen LogP contribution in [0.5, 0.6) is 0 Å². The van der Waals surface area contributed by atoms with Gasteiger partial charge < -0.3 is 10.6 Å². The van der Waals surface area contributed by atoms with Crippen LogP contribution in [0.3, 0.4) is 0 Å². The standard InChI is InChI=1S/C21H24N4O2S/c1-15-18(16(2)25(24-15)17-8-4-3-5-9-17)14-23-20(26)11-6-12-22-21(27)19-10-7-13-28-19/h3-5,7-10,13H,6,11-12,14H2,1-2H3,(H,22,27)(H,23,26). The topological polar surface area (TPSA) is 76.0 Å². The lowest BCUT2D eigenvalue weighted by molar-refractivity contribution is -0.121. The van der Waals surface area contributed by atoms with Crippen molar-refractivity contribution in [3.63, 3.8) is 0 Å². The monoisotopic (exact) mass is 396 g/mol. The van der Waals surface area contributed by atoms with Gasteiger partial charge in [-0.1, -0.05) is 24.3 Å². The Bertz CT molecular complexity index is 933. The number of para-hydroxylation sites is 1. The summed E-state index contributed by atoms with van der Waals surface area (Å²) in [6, 6.07) is 13.6. The number of aromatic nitrogens is 2. The fourth-order valence-corrected chi connectivity index (χ4v) is 3.61. The molecule has 0 fully saturated rings. The summed E-state index contributed by atoms with van der Waals surface area (Å²) in [5.74, 6) is -0.119. The summed E-state index contributed by atoms with van der Waals surface area (Å²) in [6.07, 6.45) is 0.972. The van der Waals surface area contributed by atoms with Crippen molar-refractivity contribution in [1.82, 2.24) is 20.4 Å². The van der Waals surface area contributed by atoms with Gasteiger partial charge >= 0.3 is 0 Å². The van der Waals surface area contributed by atoms with E-state index in [0.29, 0.717) is 30.8 Å². The molecule has 0 bridgehead atoms. The number of carbonyl (C=O) groups excluding carboxylic acids is 2. The number of nitrogens with zero attached hydrogens (tertiary/aromatic N) is 2. The highest BCUT2D eigenvalue weighted by Gasteiger charge is 2.13. The van der Waals surface area contributed by atoms with E-state index >= 15 is 0 Å². The normalized spacial score (nSPS) is 10.6. The second-order valence-corrected chi connectivity index (χ2v) is 7.46. The molecule has 6 nitrogen and oxygen atoms in total. The lowest BCUT2D eigenvalue weighted by Crippen LogP contribution is -2.27. The van der Waals surface area contributed by atoms with Gasteiger partial charge in [0.15, 0.2) is 0 Å². The number of rotatable bonds is 8. The van der Waals surface area contributed by atoms with Crippen molar-refractivity contribution < 1.29 is 9.59 Å². The predicted octanol–water partition coefficient (Wildman–Crippen LogP) is 3.38. The largest absolute Gasteiger partial charge is 0.352 e. The molecule has 0 atom stereocenters. The Kier molecular flexibility index (Phi) is 6.60. The average Bonchev–Trinajstić information content (AvgIpc) is 3.33. The predicted molar refractivity (Wildman–Crippen MR) is 111 cm³/mol. The molecule has 1 aromatic carbocycles. The molecule has 0 spiro atoms. The van der Waals surface area contributed by atoms with Gasteiger partial charge in [-0.25, -0.2) is 4.68 Å². The van der Waals surface area contributed by atoms with Crippen LogP contribution < -0.4 is 10.6 Å². The van der Waals surface area contributed by atoms with Gasteiger partial charge in [0.25, 0.3) is 5.91 Å². The first-order valence-corrected chi connectivity index (χ1v) is 10.1. The Morgan fingerprint density at radius 2 is 1.86 bits per heavy atom. The van der Waals surface area contributed by atoms with E-state index in [2.05, 4.69) is 15.7 Å². The molecule has 2 amide bonds. The third-order valence-corrected chi connectivity index (χ3v) is 5.38. The Labute approximate surface area is 168 Å². The van der Waals surface area contributed by atoms with E-state index < -0.39 is 0 Å². The molecule has 0 aliphatic rings. The summed E-state index contributed by atoms with van der Waals surface area (Å²) < 4.78 is 1.90. The van der Waals surface area contributed by atoms with Crippen molar-refractivity contribution in [2.75, 3.05) is 6.54 Å². The Balaban J connectivity index is 1.46. The second-order valence-electron chi connectivity index (χ2n) is 6.51. The van der Waals surface area contributed by atoms with Crippen molar-refractivity contribution in [1.29, 1.82) is 0 Å². The lowest BCUT2D eigenvalue weighted by Gasteiger charge is -2.08. The minimum absolute atomic E-state index is 0.0309. The quantitative estimate of drug-likeness (QED) is 0.573. The summed E-state index contributed by atoms with van der Waals surface area (Å²) in [7, 11) is 0. The number of hydrogen-bond acceptors (Lipinski definition) is 4. The van der Waals surface area contributed by atoms with Gasteiger partial charge in [0, 0.05) is 30.8 Å². The van der Waals surface area contributed by atoms with E-state index in [4.69, 9.17) is 0 Å². The van der Waals surface area contributed by atoms with Crippen LogP contribution >= 0.6 is 11.3 Å². The molecule has 2 N–H and O–H groups in total. The fourth-order valence-electron chi connectivity index (χ4n) is 2.97. The van der Waals surface area contributed by atoms with Crippen LogP contribution in [0.15, 0.2) is 47.8 Å². The Morgan fingerprint density at radius 1 is 1.07 bits per heavy atom. The molecular formula is C21H24N4O2S. The van der Waals surface area contributed by atoms with Gasteiger partial charge in [-0.2, -0.15) is 5.10 Å². The highest BCUT2D eigenvalue weighted by molar-refractivity contribution is 7.12. The molecule has 2 aromatic heterocycles. The van der Waals surface area contributed by atoms with Gasteiger partial charge in [0.05, 0.1) is 16.3 Å². The molecule has 7 heteroatoms. The number of hydrogen-bond donors (Lipinski definition) is 2. The van der Waals surface area contributed by atoms with Gasteiger partial charge in [-0.3, -0.25) is 9.59 Å². The first kappa shape index (κ1) is 19.8. The number of amides is 2. The van der Waals surface area contributed by atoms with E-state index in [-0.39, 0.29) is 11.8 Å². The maximum absolute atomic E-state index is 12.1. The minimum Gasteiger partial charge on any atom is -0.352 e. The van der Waals surface area contributed by atoms with Gasteiger partial charge in [-0.15, -0.1) is 11.3 Å². The van der Waals surface area contributed by atoms with Gasteiger partial charge in [0.1, 0.15) is 0 Å². The smallest absolute Gasteiger partial charge is 0.261 e.